The van der Waals surface area contributed by atoms with Crippen LogP contribution in [-0.2, 0) is 11.3 Å². The molecule has 2 amide bonds. The fraction of sp³-hybridized carbons (Fsp3) is 0.545. The first kappa shape index (κ1) is 11.4. The summed E-state index contributed by atoms with van der Waals surface area (Å²) in [5, 5.41) is 2.00. The maximum atomic E-state index is 11.3. The predicted octanol–water partition coefficient (Wildman–Crippen LogP) is 1.81. The van der Waals surface area contributed by atoms with E-state index in [0.717, 1.165) is 24.3 Å². The van der Waals surface area contributed by atoms with Gasteiger partial charge in [-0.05, 0) is 24.3 Å². The van der Waals surface area contributed by atoms with Gasteiger partial charge in [-0.25, -0.2) is 4.79 Å². The average Bonchev–Trinajstić information content (AvgIpc) is 2.88. The lowest BCUT2D eigenvalue weighted by Crippen LogP contribution is -2.40. The summed E-state index contributed by atoms with van der Waals surface area (Å²) >= 11 is 1.64. The first-order valence-corrected chi connectivity index (χ1v) is 6.32. The average molecular weight is 240 g/mol. The Hall–Kier alpha value is -1.07. The number of hydrogen-bond donors (Lipinski definition) is 1. The van der Waals surface area contributed by atoms with Crippen LogP contribution in [0.15, 0.2) is 17.5 Å². The Morgan fingerprint density at radius 3 is 3.12 bits per heavy atom. The van der Waals surface area contributed by atoms with Gasteiger partial charge in [0.05, 0.1) is 12.6 Å². The summed E-state index contributed by atoms with van der Waals surface area (Å²) in [6.07, 6.45) is 2.26. The molecule has 2 heterocycles. The second kappa shape index (κ2) is 5.32. The Balaban J connectivity index is 1.91. The van der Waals surface area contributed by atoms with Gasteiger partial charge in [0.15, 0.2) is 0 Å². The molecule has 4 nitrogen and oxygen atoms in total. The number of carbonyl (C=O) groups is 1. The molecule has 88 valence electrons. The Morgan fingerprint density at radius 2 is 2.56 bits per heavy atom. The Kier molecular flexibility index (Phi) is 3.79. The van der Waals surface area contributed by atoms with Gasteiger partial charge in [-0.3, -0.25) is 0 Å². The fourth-order valence-electron chi connectivity index (χ4n) is 1.86. The fourth-order valence-corrected chi connectivity index (χ4v) is 2.58. The standard InChI is InChI=1S/C11H16N2O2S/c12-11(14)13(7-9-3-1-5-15-9)8-10-4-2-6-16-10/h2,4,6,9H,1,3,5,7-8H2,(H2,12,14)/t9-/m1/s1. The minimum atomic E-state index is -0.371. The summed E-state index contributed by atoms with van der Waals surface area (Å²) < 4.78 is 5.51. The van der Waals surface area contributed by atoms with Gasteiger partial charge in [-0.1, -0.05) is 6.07 Å². The lowest BCUT2D eigenvalue weighted by atomic mass is 10.2. The highest BCUT2D eigenvalue weighted by molar-refractivity contribution is 7.09. The monoisotopic (exact) mass is 240 g/mol. The zero-order chi connectivity index (χ0) is 11.4. The van der Waals surface area contributed by atoms with Gasteiger partial charge >= 0.3 is 6.03 Å². The Morgan fingerprint density at radius 1 is 1.69 bits per heavy atom. The van der Waals surface area contributed by atoms with Crippen molar-refractivity contribution in [2.45, 2.75) is 25.5 Å². The molecule has 2 N–H and O–H groups in total. The van der Waals surface area contributed by atoms with E-state index in [2.05, 4.69) is 0 Å². The highest BCUT2D eigenvalue weighted by atomic mass is 32.1. The van der Waals surface area contributed by atoms with Crippen LogP contribution in [-0.4, -0.2) is 30.2 Å². The quantitative estimate of drug-likeness (QED) is 0.872. The van der Waals surface area contributed by atoms with E-state index < -0.39 is 0 Å². The zero-order valence-corrected chi connectivity index (χ0v) is 9.91. The largest absolute Gasteiger partial charge is 0.376 e. The molecule has 1 aliphatic heterocycles. The topological polar surface area (TPSA) is 55.6 Å². The smallest absolute Gasteiger partial charge is 0.315 e. The third kappa shape index (κ3) is 2.96. The van der Waals surface area contributed by atoms with E-state index in [0.29, 0.717) is 13.1 Å². The van der Waals surface area contributed by atoms with Crippen LogP contribution < -0.4 is 5.73 Å². The molecule has 1 aliphatic rings. The van der Waals surface area contributed by atoms with E-state index in [1.165, 1.54) is 0 Å². The third-order valence-electron chi connectivity index (χ3n) is 2.69. The van der Waals surface area contributed by atoms with Crippen LogP contribution in [0.3, 0.4) is 0 Å². The van der Waals surface area contributed by atoms with Crippen molar-refractivity contribution in [3.63, 3.8) is 0 Å². The first-order valence-electron chi connectivity index (χ1n) is 5.44. The molecular formula is C11H16N2O2S. The molecule has 1 aromatic rings. The van der Waals surface area contributed by atoms with Crippen molar-refractivity contribution < 1.29 is 9.53 Å². The zero-order valence-electron chi connectivity index (χ0n) is 9.09. The van der Waals surface area contributed by atoms with Gasteiger partial charge in [-0.2, -0.15) is 0 Å². The van der Waals surface area contributed by atoms with Crippen LogP contribution in [0.2, 0.25) is 0 Å². The normalized spacial score (nSPS) is 19.9. The number of ether oxygens (including phenoxy) is 1. The van der Waals surface area contributed by atoms with Crippen molar-refractivity contribution in [3.05, 3.63) is 22.4 Å². The number of carbonyl (C=O) groups excluding carboxylic acids is 1. The number of primary amides is 1. The number of rotatable bonds is 4. The van der Waals surface area contributed by atoms with E-state index >= 15 is 0 Å². The van der Waals surface area contributed by atoms with E-state index in [1.807, 2.05) is 17.5 Å². The van der Waals surface area contributed by atoms with Crippen molar-refractivity contribution in [1.29, 1.82) is 0 Å². The molecule has 0 radical (unpaired) electrons. The lowest BCUT2D eigenvalue weighted by molar-refractivity contribution is 0.0814. The molecule has 16 heavy (non-hydrogen) atoms. The van der Waals surface area contributed by atoms with E-state index in [1.54, 1.807) is 16.2 Å². The van der Waals surface area contributed by atoms with Crippen LogP contribution in [0, 0.1) is 0 Å². The summed E-state index contributed by atoms with van der Waals surface area (Å²) in [5.41, 5.74) is 5.37. The van der Waals surface area contributed by atoms with Gasteiger partial charge in [0, 0.05) is 18.0 Å². The summed E-state index contributed by atoms with van der Waals surface area (Å²) in [5.74, 6) is 0. The van der Waals surface area contributed by atoms with Crippen molar-refractivity contribution in [2.75, 3.05) is 13.2 Å². The van der Waals surface area contributed by atoms with E-state index in [9.17, 15) is 4.79 Å². The number of amides is 2. The van der Waals surface area contributed by atoms with Crippen molar-refractivity contribution in [2.24, 2.45) is 5.73 Å². The lowest BCUT2D eigenvalue weighted by Gasteiger charge is -2.22. The Labute approximate surface area is 99.0 Å². The predicted molar refractivity (Wildman–Crippen MR) is 63.3 cm³/mol. The molecule has 1 aromatic heterocycles. The molecular weight excluding hydrogens is 224 g/mol. The van der Waals surface area contributed by atoms with Gasteiger partial charge < -0.3 is 15.4 Å². The Bertz CT molecular complexity index is 334. The molecule has 0 aliphatic carbocycles. The number of nitrogens with two attached hydrogens (primary N) is 1. The molecule has 0 saturated carbocycles. The van der Waals surface area contributed by atoms with Crippen molar-refractivity contribution in [1.82, 2.24) is 4.90 Å². The van der Waals surface area contributed by atoms with Gasteiger partial charge in [0.25, 0.3) is 0 Å². The van der Waals surface area contributed by atoms with Crippen LogP contribution >= 0.6 is 11.3 Å². The van der Waals surface area contributed by atoms with Crippen molar-refractivity contribution >= 4 is 17.4 Å². The third-order valence-corrected chi connectivity index (χ3v) is 3.55. The molecule has 0 unspecified atom stereocenters. The number of urea groups is 1. The molecule has 0 bridgehead atoms. The van der Waals surface area contributed by atoms with E-state index in [4.69, 9.17) is 10.5 Å². The van der Waals surface area contributed by atoms with Gasteiger partial charge in [-0.15, -0.1) is 11.3 Å². The molecule has 1 atom stereocenters. The summed E-state index contributed by atoms with van der Waals surface area (Å²) in [6, 6.07) is 3.62. The maximum absolute atomic E-state index is 11.3. The molecule has 0 aromatic carbocycles. The van der Waals surface area contributed by atoms with Crippen molar-refractivity contribution in [3.8, 4) is 0 Å². The van der Waals surface area contributed by atoms with Crippen LogP contribution in [0.25, 0.3) is 0 Å². The highest BCUT2D eigenvalue weighted by Gasteiger charge is 2.21. The second-order valence-electron chi connectivity index (χ2n) is 3.93. The van der Waals surface area contributed by atoms with Gasteiger partial charge in [0.1, 0.15) is 0 Å². The molecule has 0 spiro atoms. The number of thiophene rings is 1. The molecule has 1 fully saturated rings. The first-order chi connectivity index (χ1) is 7.75. The van der Waals surface area contributed by atoms with E-state index in [-0.39, 0.29) is 12.1 Å². The summed E-state index contributed by atoms with van der Waals surface area (Å²) in [6.45, 7) is 2.00. The van der Waals surface area contributed by atoms with Gasteiger partial charge in [0.2, 0.25) is 0 Å². The summed E-state index contributed by atoms with van der Waals surface area (Å²) in [4.78, 5) is 14.1. The molecule has 5 heteroatoms. The highest BCUT2D eigenvalue weighted by Crippen LogP contribution is 2.16. The molecule has 2 rings (SSSR count). The minimum Gasteiger partial charge on any atom is -0.376 e. The number of nitrogens with zero attached hydrogens (tertiary/aromatic N) is 1. The number of hydrogen-bond acceptors (Lipinski definition) is 3. The van der Waals surface area contributed by atoms with Crippen LogP contribution in [0.5, 0.6) is 0 Å². The second-order valence-corrected chi connectivity index (χ2v) is 4.97. The molecule has 1 saturated heterocycles. The SMILES string of the molecule is NC(=O)N(Cc1cccs1)C[C@H]1CCCO1. The summed E-state index contributed by atoms with van der Waals surface area (Å²) in [7, 11) is 0. The van der Waals surface area contributed by atoms with Crippen LogP contribution in [0.4, 0.5) is 4.79 Å². The van der Waals surface area contributed by atoms with Crippen LogP contribution in [0.1, 0.15) is 17.7 Å². The maximum Gasteiger partial charge on any atom is 0.315 e. The minimum absolute atomic E-state index is 0.160.